The molecule has 1 aromatic carbocycles. The molecule has 4 aromatic rings. The lowest BCUT2D eigenvalue weighted by Crippen LogP contribution is -2.44. The van der Waals surface area contributed by atoms with Gasteiger partial charge in [0, 0.05) is 56.9 Å². The number of likely N-dealkylation sites (N-methyl/N-ethyl adjacent to an activating group) is 1. The number of nitrogens with zero attached hydrogens (tertiary/aromatic N) is 5. The van der Waals surface area contributed by atoms with Crippen LogP contribution in [-0.4, -0.2) is 64.5 Å². The van der Waals surface area contributed by atoms with E-state index in [0.29, 0.717) is 0 Å². The number of imidazole rings is 1. The van der Waals surface area contributed by atoms with E-state index in [0.717, 1.165) is 66.5 Å². The van der Waals surface area contributed by atoms with E-state index in [1.165, 1.54) is 5.69 Å². The van der Waals surface area contributed by atoms with Crippen molar-refractivity contribution in [1.82, 2.24) is 24.2 Å². The second-order valence-electron chi connectivity index (χ2n) is 8.10. The number of fused-ring (bicyclic) bond motifs is 1. The summed E-state index contributed by atoms with van der Waals surface area (Å²) >= 11 is 0. The fraction of sp³-hybridized carbons (Fsp3) is 0.280. The molecule has 3 aromatic heterocycles. The Morgan fingerprint density at radius 1 is 0.839 bits per heavy atom. The van der Waals surface area contributed by atoms with Gasteiger partial charge in [-0.3, -0.25) is 9.88 Å². The summed E-state index contributed by atoms with van der Waals surface area (Å²) in [4.78, 5) is 14.1. The van der Waals surface area contributed by atoms with Crippen molar-refractivity contribution in [3.63, 3.8) is 0 Å². The van der Waals surface area contributed by atoms with Gasteiger partial charge in [0.2, 0.25) is 0 Å². The summed E-state index contributed by atoms with van der Waals surface area (Å²) in [6, 6.07) is 16.5. The summed E-state index contributed by atoms with van der Waals surface area (Å²) in [6.45, 7) is 5.19. The van der Waals surface area contributed by atoms with Crippen LogP contribution in [0, 0.1) is 0 Å². The number of hydrogen-bond donors (Lipinski definition) is 0. The Morgan fingerprint density at radius 3 is 2.26 bits per heavy atom. The van der Waals surface area contributed by atoms with Crippen molar-refractivity contribution < 1.29 is 4.74 Å². The molecular weight excluding hydrogens is 386 g/mol. The molecule has 1 fully saturated rings. The molecule has 0 amide bonds. The van der Waals surface area contributed by atoms with Gasteiger partial charge < -0.3 is 14.0 Å². The molecule has 0 N–H and O–H groups in total. The first-order chi connectivity index (χ1) is 15.2. The first-order valence-corrected chi connectivity index (χ1v) is 10.7. The fourth-order valence-electron chi connectivity index (χ4n) is 4.16. The zero-order valence-corrected chi connectivity index (χ0v) is 18.0. The van der Waals surface area contributed by atoms with Crippen LogP contribution in [0.2, 0.25) is 0 Å². The Hall–Kier alpha value is -3.22. The predicted octanol–water partition coefficient (Wildman–Crippen LogP) is 3.82. The van der Waals surface area contributed by atoms with Crippen LogP contribution >= 0.6 is 0 Å². The normalized spacial score (nSPS) is 15.4. The zero-order chi connectivity index (χ0) is 21.2. The molecule has 4 heterocycles. The summed E-state index contributed by atoms with van der Waals surface area (Å²) in [5.74, 6) is 0.855. The molecule has 1 aliphatic rings. The summed E-state index contributed by atoms with van der Waals surface area (Å²) in [6.07, 6.45) is 5.87. The van der Waals surface area contributed by atoms with Gasteiger partial charge >= 0.3 is 0 Å². The third-order valence-electron chi connectivity index (χ3n) is 6.06. The number of rotatable bonds is 5. The summed E-state index contributed by atoms with van der Waals surface area (Å²) < 4.78 is 7.60. The molecule has 0 radical (unpaired) electrons. The molecule has 1 aliphatic heterocycles. The monoisotopic (exact) mass is 413 g/mol. The minimum Gasteiger partial charge on any atom is -0.497 e. The highest BCUT2D eigenvalue weighted by atomic mass is 16.5. The van der Waals surface area contributed by atoms with Crippen molar-refractivity contribution >= 4 is 5.65 Å². The molecule has 158 valence electrons. The molecule has 0 spiro atoms. The van der Waals surface area contributed by atoms with E-state index in [4.69, 9.17) is 9.72 Å². The number of benzene rings is 1. The average Bonchev–Trinajstić information content (AvgIpc) is 3.18. The minimum atomic E-state index is 0.855. The van der Waals surface area contributed by atoms with Crippen LogP contribution in [0.15, 0.2) is 67.1 Å². The van der Waals surface area contributed by atoms with Gasteiger partial charge in [0.1, 0.15) is 11.4 Å². The number of aromatic nitrogens is 3. The van der Waals surface area contributed by atoms with Crippen LogP contribution in [0.5, 0.6) is 5.75 Å². The lowest BCUT2D eigenvalue weighted by atomic mass is 10.1. The van der Waals surface area contributed by atoms with Crippen LogP contribution in [0.4, 0.5) is 0 Å². The Kier molecular flexibility index (Phi) is 5.40. The number of piperazine rings is 1. The van der Waals surface area contributed by atoms with Crippen molar-refractivity contribution in [2.75, 3.05) is 40.3 Å². The predicted molar refractivity (Wildman–Crippen MR) is 123 cm³/mol. The smallest absolute Gasteiger partial charge is 0.137 e. The minimum absolute atomic E-state index is 0.855. The number of methoxy groups -OCH3 is 1. The highest BCUT2D eigenvalue weighted by molar-refractivity contribution is 5.70. The van der Waals surface area contributed by atoms with Crippen LogP contribution in [0.1, 0.15) is 5.69 Å². The average molecular weight is 414 g/mol. The van der Waals surface area contributed by atoms with Crippen molar-refractivity contribution in [2.24, 2.45) is 0 Å². The SMILES string of the molecule is COc1ccc(-c2nc3ccc(-c4ccncc4)cn3c2CN2CCN(C)CC2)cc1. The van der Waals surface area contributed by atoms with Crippen molar-refractivity contribution in [3.8, 4) is 28.1 Å². The molecule has 0 unspecified atom stereocenters. The third kappa shape index (κ3) is 4.04. The van der Waals surface area contributed by atoms with E-state index in [9.17, 15) is 0 Å². The van der Waals surface area contributed by atoms with Gasteiger partial charge in [0.25, 0.3) is 0 Å². The van der Waals surface area contributed by atoms with Crippen molar-refractivity contribution in [2.45, 2.75) is 6.54 Å². The van der Waals surface area contributed by atoms with E-state index in [1.54, 1.807) is 7.11 Å². The molecule has 0 atom stereocenters. The fourth-order valence-corrected chi connectivity index (χ4v) is 4.16. The molecule has 31 heavy (non-hydrogen) atoms. The Bertz CT molecular complexity index is 1160. The molecular formula is C25H27N5O. The van der Waals surface area contributed by atoms with Gasteiger partial charge in [-0.2, -0.15) is 0 Å². The number of hydrogen-bond acceptors (Lipinski definition) is 5. The van der Waals surface area contributed by atoms with E-state index >= 15 is 0 Å². The first-order valence-electron chi connectivity index (χ1n) is 10.7. The lowest BCUT2D eigenvalue weighted by molar-refractivity contribution is 0.147. The zero-order valence-electron chi connectivity index (χ0n) is 18.0. The van der Waals surface area contributed by atoms with E-state index < -0.39 is 0 Å². The Morgan fingerprint density at radius 2 is 1.55 bits per heavy atom. The molecule has 5 rings (SSSR count). The van der Waals surface area contributed by atoms with Crippen LogP contribution in [0.25, 0.3) is 28.0 Å². The third-order valence-corrected chi connectivity index (χ3v) is 6.06. The number of ether oxygens (including phenoxy) is 1. The van der Waals surface area contributed by atoms with Gasteiger partial charge in [-0.1, -0.05) is 0 Å². The van der Waals surface area contributed by atoms with Gasteiger partial charge in [0.05, 0.1) is 18.5 Å². The largest absolute Gasteiger partial charge is 0.497 e. The van der Waals surface area contributed by atoms with E-state index in [2.05, 4.69) is 56.7 Å². The Balaban J connectivity index is 1.60. The standard InChI is InChI=1S/C25H27N5O/c1-28-13-15-29(16-14-28)18-23-25(20-3-6-22(31-2)7-4-20)27-24-8-5-21(17-30(23)24)19-9-11-26-12-10-19/h3-12,17H,13-16,18H2,1-2H3. The van der Waals surface area contributed by atoms with Gasteiger partial charge in [-0.25, -0.2) is 4.98 Å². The van der Waals surface area contributed by atoms with Crippen LogP contribution in [-0.2, 0) is 6.54 Å². The maximum atomic E-state index is 5.35. The molecule has 0 aliphatic carbocycles. The molecule has 6 nitrogen and oxygen atoms in total. The quantitative estimate of drug-likeness (QED) is 0.498. The maximum Gasteiger partial charge on any atom is 0.137 e. The second kappa shape index (κ2) is 8.49. The lowest BCUT2D eigenvalue weighted by Gasteiger charge is -2.32. The van der Waals surface area contributed by atoms with Crippen LogP contribution < -0.4 is 4.74 Å². The van der Waals surface area contributed by atoms with Gasteiger partial charge in [0.15, 0.2) is 0 Å². The van der Waals surface area contributed by atoms with Gasteiger partial charge in [-0.15, -0.1) is 0 Å². The maximum absolute atomic E-state index is 5.35. The van der Waals surface area contributed by atoms with Crippen LogP contribution in [0.3, 0.4) is 0 Å². The topological polar surface area (TPSA) is 45.9 Å². The molecule has 0 bridgehead atoms. The molecule has 1 saturated heterocycles. The van der Waals surface area contributed by atoms with E-state index in [-0.39, 0.29) is 0 Å². The summed E-state index contributed by atoms with van der Waals surface area (Å²) in [5.41, 5.74) is 6.65. The van der Waals surface area contributed by atoms with Crippen molar-refractivity contribution in [3.05, 3.63) is 72.8 Å². The number of pyridine rings is 2. The summed E-state index contributed by atoms with van der Waals surface area (Å²) in [5, 5.41) is 0. The molecule has 0 saturated carbocycles. The Labute approximate surface area is 182 Å². The second-order valence-corrected chi connectivity index (χ2v) is 8.10. The summed E-state index contributed by atoms with van der Waals surface area (Å²) in [7, 11) is 3.88. The first kappa shape index (κ1) is 19.7. The molecule has 6 heteroatoms. The highest BCUT2D eigenvalue weighted by Gasteiger charge is 2.20. The van der Waals surface area contributed by atoms with Gasteiger partial charge in [-0.05, 0) is 66.7 Å². The van der Waals surface area contributed by atoms with E-state index in [1.807, 2.05) is 36.7 Å². The van der Waals surface area contributed by atoms with Crippen molar-refractivity contribution in [1.29, 1.82) is 0 Å². The highest BCUT2D eigenvalue weighted by Crippen LogP contribution is 2.29.